The zero-order chi connectivity index (χ0) is 27.3. The van der Waals surface area contributed by atoms with Crippen molar-refractivity contribution in [3.63, 3.8) is 0 Å². The van der Waals surface area contributed by atoms with E-state index in [4.69, 9.17) is 18.9 Å². The number of methoxy groups -OCH3 is 2. The van der Waals surface area contributed by atoms with Crippen LogP contribution in [0.15, 0.2) is 42.5 Å². The molecule has 0 radical (unpaired) electrons. The fourth-order valence-corrected chi connectivity index (χ4v) is 5.35. The van der Waals surface area contributed by atoms with Crippen LogP contribution in [0.3, 0.4) is 0 Å². The summed E-state index contributed by atoms with van der Waals surface area (Å²) in [4.78, 5) is 13.4. The highest BCUT2D eigenvalue weighted by Gasteiger charge is 2.58. The lowest BCUT2D eigenvalue weighted by molar-refractivity contribution is -0.360. The normalized spacial score (nSPS) is 43.1. The molecule has 9 heteroatoms. The second-order valence-electron chi connectivity index (χ2n) is 10.4. The SMILES string of the molecule is CO[C@H]1CC(O)CC[C@@H](c2ccccc2)OC(=O)[C@@H](C)[C@]2(O)O[C@H]([C@@H](C)[C@H](O)[C@H]2OC)[C@@H](C)/C=C/[C@H]1O. The molecule has 0 aromatic heterocycles. The minimum atomic E-state index is -2.17. The van der Waals surface area contributed by atoms with Crippen molar-refractivity contribution in [1.29, 1.82) is 0 Å². The van der Waals surface area contributed by atoms with Crippen LogP contribution in [0.4, 0.5) is 0 Å². The molecule has 1 unspecified atom stereocenters. The fourth-order valence-electron chi connectivity index (χ4n) is 5.35. The zero-order valence-corrected chi connectivity index (χ0v) is 22.3. The number of carbonyl (C=O) groups excluding carboxylic acids is 1. The summed E-state index contributed by atoms with van der Waals surface area (Å²) in [5, 5.41) is 44.2. The highest BCUT2D eigenvalue weighted by atomic mass is 16.7. The molecule has 0 aliphatic carbocycles. The van der Waals surface area contributed by atoms with Crippen molar-refractivity contribution in [2.24, 2.45) is 17.8 Å². The summed E-state index contributed by atoms with van der Waals surface area (Å²) in [6.45, 7) is 5.10. The van der Waals surface area contributed by atoms with Crippen molar-refractivity contribution < 1.29 is 44.2 Å². The molecule has 2 bridgehead atoms. The number of esters is 1. The van der Waals surface area contributed by atoms with Crippen molar-refractivity contribution in [2.75, 3.05) is 14.2 Å². The minimum Gasteiger partial charge on any atom is -0.457 e. The molecule has 2 heterocycles. The van der Waals surface area contributed by atoms with Gasteiger partial charge in [0.2, 0.25) is 5.79 Å². The quantitative estimate of drug-likeness (QED) is 0.348. The molecule has 4 N–H and O–H groups in total. The third-order valence-corrected chi connectivity index (χ3v) is 7.84. The number of fused-ring (bicyclic) bond motifs is 2. The van der Waals surface area contributed by atoms with Crippen LogP contribution < -0.4 is 0 Å². The van der Waals surface area contributed by atoms with Crippen LogP contribution in [0, 0.1) is 17.8 Å². The zero-order valence-electron chi connectivity index (χ0n) is 22.3. The second-order valence-corrected chi connectivity index (χ2v) is 10.4. The van der Waals surface area contributed by atoms with E-state index in [1.54, 1.807) is 19.1 Å². The molecule has 0 amide bonds. The van der Waals surface area contributed by atoms with Gasteiger partial charge in [0, 0.05) is 32.5 Å². The van der Waals surface area contributed by atoms with E-state index in [1.165, 1.54) is 21.1 Å². The Balaban J connectivity index is 2.02. The predicted molar refractivity (Wildman–Crippen MR) is 135 cm³/mol. The minimum absolute atomic E-state index is 0.187. The molecule has 1 fully saturated rings. The number of hydrogen-bond donors (Lipinski definition) is 4. The number of ether oxygens (including phenoxy) is 4. The molecule has 1 aromatic carbocycles. The van der Waals surface area contributed by atoms with E-state index in [1.807, 2.05) is 37.3 Å². The molecule has 3 rings (SSSR count). The van der Waals surface area contributed by atoms with Gasteiger partial charge in [-0.05, 0) is 25.3 Å². The topological polar surface area (TPSA) is 135 Å². The smallest absolute Gasteiger partial charge is 0.314 e. The molecule has 11 atom stereocenters. The van der Waals surface area contributed by atoms with E-state index in [2.05, 4.69) is 0 Å². The average molecular weight is 523 g/mol. The highest BCUT2D eigenvalue weighted by molar-refractivity contribution is 5.73. The summed E-state index contributed by atoms with van der Waals surface area (Å²) >= 11 is 0. The Bertz CT molecular complexity index is 893. The molecule has 2 aliphatic rings. The van der Waals surface area contributed by atoms with Crippen LogP contribution in [0.2, 0.25) is 0 Å². The van der Waals surface area contributed by atoms with Crippen LogP contribution in [0.5, 0.6) is 0 Å². The van der Waals surface area contributed by atoms with Crippen LogP contribution in [0.25, 0.3) is 0 Å². The van der Waals surface area contributed by atoms with Gasteiger partial charge < -0.3 is 39.4 Å². The maximum Gasteiger partial charge on any atom is 0.314 e. The highest BCUT2D eigenvalue weighted by Crippen LogP contribution is 2.42. The molecule has 1 saturated heterocycles. The molecule has 2 aliphatic heterocycles. The van der Waals surface area contributed by atoms with Crippen LogP contribution >= 0.6 is 0 Å². The van der Waals surface area contributed by atoms with Crippen molar-refractivity contribution in [3.8, 4) is 0 Å². The molecular weight excluding hydrogens is 480 g/mol. The fraction of sp³-hybridized carbons (Fsp3) is 0.679. The summed E-state index contributed by atoms with van der Waals surface area (Å²) in [5.41, 5.74) is 0.739. The van der Waals surface area contributed by atoms with Crippen LogP contribution in [0.1, 0.15) is 51.7 Å². The van der Waals surface area contributed by atoms with E-state index in [0.717, 1.165) is 5.56 Å². The van der Waals surface area contributed by atoms with Gasteiger partial charge in [-0.15, -0.1) is 0 Å². The Morgan fingerprint density at radius 3 is 2.27 bits per heavy atom. The maximum absolute atomic E-state index is 13.4. The molecule has 37 heavy (non-hydrogen) atoms. The summed E-state index contributed by atoms with van der Waals surface area (Å²) in [5.74, 6) is -4.91. The molecule has 0 spiro atoms. The maximum atomic E-state index is 13.4. The Hall–Kier alpha value is -1.85. The number of benzene rings is 1. The van der Waals surface area contributed by atoms with Crippen molar-refractivity contribution in [3.05, 3.63) is 48.0 Å². The molecule has 1 aromatic rings. The van der Waals surface area contributed by atoms with Crippen LogP contribution in [-0.4, -0.2) is 83.0 Å². The van der Waals surface area contributed by atoms with Crippen molar-refractivity contribution in [1.82, 2.24) is 0 Å². The van der Waals surface area contributed by atoms with Crippen molar-refractivity contribution in [2.45, 2.75) is 88.5 Å². The number of rotatable bonds is 3. The summed E-state index contributed by atoms with van der Waals surface area (Å²) < 4.78 is 23.0. The molecule has 9 nitrogen and oxygen atoms in total. The van der Waals surface area contributed by atoms with E-state index >= 15 is 0 Å². The van der Waals surface area contributed by atoms with Gasteiger partial charge in [0.15, 0.2) is 0 Å². The van der Waals surface area contributed by atoms with Gasteiger partial charge in [0.1, 0.15) is 18.1 Å². The Morgan fingerprint density at radius 2 is 1.65 bits per heavy atom. The number of cyclic esters (lactones) is 1. The first-order valence-corrected chi connectivity index (χ1v) is 13.0. The first-order chi connectivity index (χ1) is 17.5. The standard InChI is InChI=1S/C28H42O9/c1-16-11-13-21(30)23(34-4)15-20(29)12-14-22(19-9-7-6-8-10-19)36-27(32)18(3)28(33)26(35-5)24(31)17(2)25(16)37-28/h6-11,13,16-18,20-26,29-31,33H,12,14-15H2,1-5H3/b13-11+/t16-,17-,18+,20?,21+,22-,23-,24-,25-,26+,28-/m0/s1. The first kappa shape index (κ1) is 29.7. The lowest BCUT2D eigenvalue weighted by Gasteiger charge is -2.51. The molecule has 0 saturated carbocycles. The lowest BCUT2D eigenvalue weighted by atomic mass is 9.78. The Morgan fingerprint density at radius 1 is 0.973 bits per heavy atom. The van der Waals surface area contributed by atoms with Crippen molar-refractivity contribution >= 4 is 5.97 Å². The Kier molecular flexibility index (Phi) is 10.3. The van der Waals surface area contributed by atoms with Gasteiger partial charge in [-0.2, -0.15) is 0 Å². The predicted octanol–water partition coefficient (Wildman–Crippen LogP) is 2.12. The van der Waals surface area contributed by atoms with Gasteiger partial charge in [-0.25, -0.2) is 0 Å². The van der Waals surface area contributed by atoms with Gasteiger partial charge in [0.25, 0.3) is 0 Å². The summed E-state index contributed by atoms with van der Waals surface area (Å²) in [6, 6.07) is 9.16. The van der Waals surface area contributed by atoms with E-state index in [9.17, 15) is 25.2 Å². The number of hydrogen-bond acceptors (Lipinski definition) is 9. The second kappa shape index (κ2) is 12.8. The summed E-state index contributed by atoms with van der Waals surface area (Å²) in [7, 11) is 2.82. The summed E-state index contributed by atoms with van der Waals surface area (Å²) in [6.07, 6.45) is -2.10. The number of aliphatic hydroxyl groups is 4. The Labute approximate surface area is 219 Å². The van der Waals surface area contributed by atoms with E-state index in [0.29, 0.717) is 6.42 Å². The van der Waals surface area contributed by atoms with Gasteiger partial charge in [0.05, 0.1) is 30.5 Å². The molecule has 208 valence electrons. The first-order valence-electron chi connectivity index (χ1n) is 13.0. The molecular formula is C28H42O9. The lowest BCUT2D eigenvalue weighted by Crippen LogP contribution is -2.66. The monoisotopic (exact) mass is 522 g/mol. The van der Waals surface area contributed by atoms with Gasteiger partial charge in [-0.1, -0.05) is 56.3 Å². The van der Waals surface area contributed by atoms with Gasteiger partial charge >= 0.3 is 5.97 Å². The average Bonchev–Trinajstić information content (AvgIpc) is 2.89. The largest absolute Gasteiger partial charge is 0.457 e. The number of carbonyl (C=O) groups is 1. The van der Waals surface area contributed by atoms with E-state index < -0.39 is 66.3 Å². The third-order valence-electron chi connectivity index (χ3n) is 7.84. The van der Waals surface area contributed by atoms with Crippen LogP contribution in [-0.2, 0) is 23.7 Å². The number of aliphatic hydroxyl groups excluding tert-OH is 3. The van der Waals surface area contributed by atoms with Gasteiger partial charge in [-0.3, -0.25) is 4.79 Å². The third kappa shape index (κ3) is 6.60. The van der Waals surface area contributed by atoms with E-state index in [-0.39, 0.29) is 18.8 Å².